The maximum absolute atomic E-state index is 4.51. The Morgan fingerprint density at radius 3 is 2.81 bits per heavy atom. The Balaban J connectivity index is 2.31. The van der Waals surface area contributed by atoms with Crippen molar-refractivity contribution >= 4 is 37.4 Å². The van der Waals surface area contributed by atoms with Gasteiger partial charge in [0.15, 0.2) is 0 Å². The molecule has 2 aromatic heterocycles. The van der Waals surface area contributed by atoms with E-state index in [0.717, 1.165) is 6.42 Å². The third kappa shape index (κ3) is 2.46. The van der Waals surface area contributed by atoms with Gasteiger partial charge in [-0.25, -0.2) is 0 Å². The summed E-state index contributed by atoms with van der Waals surface area (Å²) in [6.45, 7) is 6.75. The first kappa shape index (κ1) is 12.1. The van der Waals surface area contributed by atoms with Crippen molar-refractivity contribution in [2.75, 3.05) is 0 Å². The van der Waals surface area contributed by atoms with Crippen LogP contribution in [0.1, 0.15) is 26.5 Å². The van der Waals surface area contributed by atoms with Crippen molar-refractivity contribution in [1.82, 2.24) is 4.98 Å². The van der Waals surface area contributed by atoms with Crippen LogP contribution in [0.15, 0.2) is 23.7 Å². The van der Waals surface area contributed by atoms with Crippen LogP contribution >= 0.6 is 27.3 Å². The average Bonchev–Trinajstić information content (AvgIpc) is 2.65. The first-order chi connectivity index (χ1) is 7.48. The van der Waals surface area contributed by atoms with Gasteiger partial charge >= 0.3 is 0 Å². The lowest BCUT2D eigenvalue weighted by molar-refractivity contribution is 0.397. The lowest BCUT2D eigenvalue weighted by atomic mass is 9.89. The molecule has 2 rings (SSSR count). The van der Waals surface area contributed by atoms with E-state index < -0.39 is 0 Å². The Bertz CT molecular complexity index is 484. The predicted molar refractivity (Wildman–Crippen MR) is 75.5 cm³/mol. The number of hydrogen-bond donors (Lipinski definition) is 0. The van der Waals surface area contributed by atoms with Crippen molar-refractivity contribution in [3.05, 3.63) is 29.4 Å². The molecule has 0 fully saturated rings. The van der Waals surface area contributed by atoms with Gasteiger partial charge in [0.2, 0.25) is 0 Å². The molecule has 0 saturated carbocycles. The third-order valence-electron chi connectivity index (χ3n) is 2.77. The zero-order valence-corrected chi connectivity index (χ0v) is 12.2. The summed E-state index contributed by atoms with van der Waals surface area (Å²) in [4.78, 5) is 4.97. The molecule has 0 amide bonds. The smallest absolute Gasteiger partial charge is 0.0501 e. The summed E-state index contributed by atoms with van der Waals surface area (Å²) in [5.74, 6) is 0. The topological polar surface area (TPSA) is 12.9 Å². The zero-order chi connectivity index (χ0) is 11.8. The zero-order valence-electron chi connectivity index (χ0n) is 9.83. The molecule has 2 aromatic rings. The van der Waals surface area contributed by atoms with Gasteiger partial charge in [0, 0.05) is 27.5 Å². The molecule has 0 spiro atoms. The summed E-state index contributed by atoms with van der Waals surface area (Å²) in [5.41, 5.74) is 1.47. The molecule has 16 heavy (non-hydrogen) atoms. The highest BCUT2D eigenvalue weighted by molar-refractivity contribution is 9.09. The molecule has 3 heteroatoms. The molecule has 0 radical (unpaired) electrons. The lowest BCUT2D eigenvalue weighted by Crippen LogP contribution is -2.22. The molecule has 0 aromatic carbocycles. The SMILES string of the molecule is CC(C)(C)C(Br)Cc1nccc2sccc12. The van der Waals surface area contributed by atoms with E-state index in [1.165, 1.54) is 15.8 Å². The summed E-state index contributed by atoms with van der Waals surface area (Å²) in [7, 11) is 0. The van der Waals surface area contributed by atoms with E-state index in [1.807, 2.05) is 6.20 Å². The predicted octanol–water partition coefficient (Wildman–Crippen LogP) is 4.65. The second-order valence-corrected chi connectivity index (χ2v) is 7.18. The number of rotatable bonds is 2. The van der Waals surface area contributed by atoms with Crippen LogP contribution in [0.3, 0.4) is 0 Å². The van der Waals surface area contributed by atoms with Gasteiger partial charge in [-0.15, -0.1) is 11.3 Å². The average molecular weight is 298 g/mol. The van der Waals surface area contributed by atoms with E-state index in [-0.39, 0.29) is 5.41 Å². The summed E-state index contributed by atoms with van der Waals surface area (Å²) in [6.07, 6.45) is 2.90. The largest absolute Gasteiger partial charge is 0.261 e. The van der Waals surface area contributed by atoms with Crippen LogP contribution < -0.4 is 0 Å². The second-order valence-electron chi connectivity index (χ2n) is 5.13. The van der Waals surface area contributed by atoms with Gasteiger partial charge < -0.3 is 0 Å². The Hall–Kier alpha value is -0.410. The number of aromatic nitrogens is 1. The highest BCUT2D eigenvalue weighted by Gasteiger charge is 2.23. The molecule has 0 N–H and O–H groups in total. The second kappa shape index (κ2) is 4.46. The van der Waals surface area contributed by atoms with Crippen molar-refractivity contribution in [3.63, 3.8) is 0 Å². The Morgan fingerprint density at radius 1 is 1.38 bits per heavy atom. The van der Waals surface area contributed by atoms with Gasteiger partial charge in [-0.1, -0.05) is 36.7 Å². The quantitative estimate of drug-likeness (QED) is 0.735. The van der Waals surface area contributed by atoms with Gasteiger partial charge in [-0.05, 0) is 22.9 Å². The molecular formula is C13H16BrNS. The van der Waals surface area contributed by atoms with E-state index in [0.29, 0.717) is 4.83 Å². The molecule has 1 unspecified atom stereocenters. The minimum absolute atomic E-state index is 0.264. The van der Waals surface area contributed by atoms with Crippen molar-refractivity contribution < 1.29 is 0 Å². The summed E-state index contributed by atoms with van der Waals surface area (Å²) in [5, 5.41) is 3.44. The normalized spacial score (nSPS) is 14.2. The standard InChI is InChI=1S/C13H16BrNS/c1-13(2,3)12(14)8-10-9-5-7-16-11(9)4-6-15-10/h4-7,12H,8H2,1-3H3. The fourth-order valence-electron chi connectivity index (χ4n) is 1.59. The van der Waals surface area contributed by atoms with E-state index in [1.54, 1.807) is 11.3 Å². The van der Waals surface area contributed by atoms with Crippen LogP contribution in [-0.2, 0) is 6.42 Å². The summed E-state index contributed by atoms with van der Waals surface area (Å²) in [6, 6.07) is 4.26. The third-order valence-corrected chi connectivity index (χ3v) is 5.35. The van der Waals surface area contributed by atoms with Gasteiger partial charge in [0.1, 0.15) is 0 Å². The van der Waals surface area contributed by atoms with E-state index in [4.69, 9.17) is 0 Å². The van der Waals surface area contributed by atoms with E-state index in [9.17, 15) is 0 Å². The van der Waals surface area contributed by atoms with Crippen molar-refractivity contribution in [3.8, 4) is 0 Å². The maximum Gasteiger partial charge on any atom is 0.0501 e. The van der Waals surface area contributed by atoms with Crippen LogP contribution in [-0.4, -0.2) is 9.81 Å². The molecule has 2 heterocycles. The van der Waals surface area contributed by atoms with Crippen molar-refractivity contribution in [1.29, 1.82) is 0 Å². The van der Waals surface area contributed by atoms with E-state index in [2.05, 4.69) is 59.2 Å². The number of fused-ring (bicyclic) bond motifs is 1. The molecule has 0 bridgehead atoms. The maximum atomic E-state index is 4.51. The summed E-state index contributed by atoms with van der Waals surface area (Å²) >= 11 is 5.55. The molecule has 1 atom stereocenters. The minimum Gasteiger partial charge on any atom is -0.261 e. The Kier molecular flexibility index (Phi) is 3.36. The molecule has 86 valence electrons. The van der Waals surface area contributed by atoms with Gasteiger partial charge in [0.25, 0.3) is 0 Å². The molecule has 0 aliphatic carbocycles. The van der Waals surface area contributed by atoms with Crippen LogP contribution in [0, 0.1) is 5.41 Å². The van der Waals surface area contributed by atoms with Crippen molar-refractivity contribution in [2.24, 2.45) is 5.41 Å². The number of thiophene rings is 1. The fourth-order valence-corrected chi connectivity index (χ4v) is 2.70. The number of alkyl halides is 1. The molecule has 0 aliphatic heterocycles. The number of hydrogen-bond acceptors (Lipinski definition) is 2. The van der Waals surface area contributed by atoms with Crippen LogP contribution in [0.4, 0.5) is 0 Å². The van der Waals surface area contributed by atoms with Crippen molar-refractivity contribution in [2.45, 2.75) is 32.0 Å². The number of halogens is 1. The monoisotopic (exact) mass is 297 g/mol. The highest BCUT2D eigenvalue weighted by atomic mass is 79.9. The minimum atomic E-state index is 0.264. The van der Waals surface area contributed by atoms with Crippen LogP contribution in [0.2, 0.25) is 0 Å². The first-order valence-corrected chi connectivity index (χ1v) is 7.23. The van der Waals surface area contributed by atoms with E-state index >= 15 is 0 Å². The highest BCUT2D eigenvalue weighted by Crippen LogP contribution is 2.31. The lowest BCUT2D eigenvalue weighted by Gasteiger charge is -2.25. The van der Waals surface area contributed by atoms with Crippen LogP contribution in [0.25, 0.3) is 10.1 Å². The first-order valence-electron chi connectivity index (χ1n) is 5.43. The van der Waals surface area contributed by atoms with Crippen LogP contribution in [0.5, 0.6) is 0 Å². The molecule has 1 nitrogen and oxygen atoms in total. The Morgan fingerprint density at radius 2 is 2.12 bits per heavy atom. The molecular weight excluding hydrogens is 282 g/mol. The number of pyridine rings is 1. The Labute approximate surface area is 109 Å². The van der Waals surface area contributed by atoms with Gasteiger partial charge in [-0.3, -0.25) is 4.98 Å². The van der Waals surface area contributed by atoms with Gasteiger partial charge in [0.05, 0.1) is 5.69 Å². The number of nitrogens with zero attached hydrogens (tertiary/aromatic N) is 1. The van der Waals surface area contributed by atoms with Gasteiger partial charge in [-0.2, -0.15) is 0 Å². The fraction of sp³-hybridized carbons (Fsp3) is 0.462. The molecule has 0 aliphatic rings. The molecule has 0 saturated heterocycles. The summed E-state index contributed by atoms with van der Waals surface area (Å²) < 4.78 is 1.33.